The molecule has 1 saturated heterocycles. The third-order valence-corrected chi connectivity index (χ3v) is 5.70. The van der Waals surface area contributed by atoms with Gasteiger partial charge in [-0.05, 0) is 82.1 Å². The molecule has 0 radical (unpaired) electrons. The van der Waals surface area contributed by atoms with Crippen molar-refractivity contribution in [1.82, 2.24) is 9.80 Å². The number of methoxy groups -OCH3 is 1. The first-order valence-electron chi connectivity index (χ1n) is 10.2. The fourth-order valence-electron chi connectivity index (χ4n) is 3.85. The summed E-state index contributed by atoms with van der Waals surface area (Å²) in [6.45, 7) is 5.86. The molecule has 1 fully saturated rings. The van der Waals surface area contributed by atoms with E-state index in [0.717, 1.165) is 62.3 Å². The predicted molar refractivity (Wildman–Crippen MR) is 114 cm³/mol. The average molecular weight is 381 g/mol. The molecule has 0 N–H and O–H groups in total. The molecule has 28 heavy (non-hydrogen) atoms. The van der Waals surface area contributed by atoms with Crippen LogP contribution < -0.4 is 4.74 Å². The van der Waals surface area contributed by atoms with Crippen LogP contribution in [-0.4, -0.2) is 56.0 Å². The van der Waals surface area contributed by atoms with Crippen molar-refractivity contribution in [1.29, 1.82) is 0 Å². The highest BCUT2D eigenvalue weighted by molar-refractivity contribution is 5.94. The van der Waals surface area contributed by atoms with Crippen LogP contribution in [0.5, 0.6) is 5.75 Å². The zero-order valence-corrected chi connectivity index (χ0v) is 17.4. The van der Waals surface area contributed by atoms with Gasteiger partial charge >= 0.3 is 0 Å². The molecule has 0 bridgehead atoms. The quantitative estimate of drug-likeness (QED) is 0.727. The van der Waals surface area contributed by atoms with Gasteiger partial charge in [0.05, 0.1) is 7.11 Å². The van der Waals surface area contributed by atoms with E-state index in [1.54, 1.807) is 7.11 Å². The Morgan fingerprint density at radius 2 is 1.86 bits per heavy atom. The van der Waals surface area contributed by atoms with Gasteiger partial charge in [0.1, 0.15) is 5.75 Å². The van der Waals surface area contributed by atoms with Gasteiger partial charge in [-0.1, -0.05) is 29.8 Å². The van der Waals surface area contributed by atoms with E-state index in [-0.39, 0.29) is 5.91 Å². The van der Waals surface area contributed by atoms with Gasteiger partial charge in [0.2, 0.25) is 0 Å². The van der Waals surface area contributed by atoms with Crippen LogP contribution in [0.1, 0.15) is 34.3 Å². The molecule has 2 aromatic rings. The fourth-order valence-corrected chi connectivity index (χ4v) is 3.85. The standard InChI is InChI=1S/C24H32N2O2/c1-19-5-4-6-22(17-19)24(27)26(18-21-11-14-25(2)15-12-21)16-13-20-7-9-23(28-3)10-8-20/h4-10,17,21H,11-16,18H2,1-3H3. The lowest BCUT2D eigenvalue weighted by atomic mass is 9.96. The van der Waals surface area contributed by atoms with Crippen molar-refractivity contribution in [3.63, 3.8) is 0 Å². The number of amides is 1. The number of hydrogen-bond donors (Lipinski definition) is 0. The Hall–Kier alpha value is -2.33. The monoisotopic (exact) mass is 380 g/mol. The van der Waals surface area contributed by atoms with Crippen LogP contribution in [0.4, 0.5) is 0 Å². The summed E-state index contributed by atoms with van der Waals surface area (Å²) in [4.78, 5) is 17.7. The molecule has 4 nitrogen and oxygen atoms in total. The summed E-state index contributed by atoms with van der Waals surface area (Å²) in [7, 11) is 3.86. The number of rotatable bonds is 7. The maximum Gasteiger partial charge on any atom is 0.253 e. The summed E-state index contributed by atoms with van der Waals surface area (Å²) in [5, 5.41) is 0. The zero-order valence-electron chi connectivity index (χ0n) is 17.4. The molecule has 0 saturated carbocycles. The maximum atomic E-state index is 13.3. The molecule has 3 rings (SSSR count). The molecular formula is C24H32N2O2. The van der Waals surface area contributed by atoms with E-state index in [4.69, 9.17) is 4.74 Å². The highest BCUT2D eigenvalue weighted by atomic mass is 16.5. The van der Waals surface area contributed by atoms with Crippen molar-refractivity contribution < 1.29 is 9.53 Å². The fraction of sp³-hybridized carbons (Fsp3) is 0.458. The lowest BCUT2D eigenvalue weighted by Gasteiger charge is -2.33. The van der Waals surface area contributed by atoms with E-state index in [9.17, 15) is 4.79 Å². The van der Waals surface area contributed by atoms with Gasteiger partial charge in [-0.15, -0.1) is 0 Å². The topological polar surface area (TPSA) is 32.8 Å². The normalized spacial score (nSPS) is 15.4. The second-order valence-electron chi connectivity index (χ2n) is 7.97. The van der Waals surface area contributed by atoms with Gasteiger partial charge in [0.15, 0.2) is 0 Å². The lowest BCUT2D eigenvalue weighted by molar-refractivity contribution is 0.0700. The highest BCUT2D eigenvalue weighted by Gasteiger charge is 2.23. The molecule has 0 aliphatic carbocycles. The number of piperidine rings is 1. The molecule has 1 aliphatic heterocycles. The Kier molecular flexibility index (Phi) is 7.10. The first kappa shape index (κ1) is 20.4. The van der Waals surface area contributed by atoms with Crippen molar-refractivity contribution in [2.24, 2.45) is 5.92 Å². The van der Waals surface area contributed by atoms with Gasteiger partial charge in [0, 0.05) is 18.7 Å². The molecule has 1 aliphatic rings. The van der Waals surface area contributed by atoms with E-state index in [1.165, 1.54) is 5.56 Å². The molecule has 2 aromatic carbocycles. The average Bonchev–Trinajstić information content (AvgIpc) is 2.72. The van der Waals surface area contributed by atoms with Crippen LogP contribution >= 0.6 is 0 Å². The molecule has 0 aromatic heterocycles. The summed E-state index contributed by atoms with van der Waals surface area (Å²) >= 11 is 0. The minimum Gasteiger partial charge on any atom is -0.497 e. The summed E-state index contributed by atoms with van der Waals surface area (Å²) in [5.74, 6) is 1.60. The van der Waals surface area contributed by atoms with Crippen molar-refractivity contribution in [2.75, 3.05) is 40.3 Å². The second kappa shape index (κ2) is 9.74. The summed E-state index contributed by atoms with van der Waals surface area (Å²) in [6, 6.07) is 16.1. The van der Waals surface area contributed by atoms with E-state index in [1.807, 2.05) is 43.3 Å². The number of carbonyl (C=O) groups is 1. The first-order valence-corrected chi connectivity index (χ1v) is 10.2. The van der Waals surface area contributed by atoms with E-state index >= 15 is 0 Å². The summed E-state index contributed by atoms with van der Waals surface area (Å²) in [6.07, 6.45) is 3.18. The number of nitrogens with zero attached hydrogens (tertiary/aromatic N) is 2. The van der Waals surface area contributed by atoms with E-state index in [0.29, 0.717) is 5.92 Å². The van der Waals surface area contributed by atoms with Gasteiger partial charge in [0.25, 0.3) is 5.91 Å². The third kappa shape index (κ3) is 5.59. The van der Waals surface area contributed by atoms with Gasteiger partial charge < -0.3 is 14.5 Å². The minimum absolute atomic E-state index is 0.149. The van der Waals surface area contributed by atoms with Crippen molar-refractivity contribution in [2.45, 2.75) is 26.2 Å². The Balaban J connectivity index is 1.70. The second-order valence-corrected chi connectivity index (χ2v) is 7.97. The largest absolute Gasteiger partial charge is 0.497 e. The molecule has 1 heterocycles. The number of hydrogen-bond acceptors (Lipinski definition) is 3. The van der Waals surface area contributed by atoms with Crippen LogP contribution in [0.2, 0.25) is 0 Å². The number of ether oxygens (including phenoxy) is 1. The van der Waals surface area contributed by atoms with Crippen LogP contribution in [-0.2, 0) is 6.42 Å². The van der Waals surface area contributed by atoms with Crippen LogP contribution in [0.3, 0.4) is 0 Å². The molecule has 0 atom stereocenters. The Bertz CT molecular complexity index is 764. The lowest BCUT2D eigenvalue weighted by Crippen LogP contribution is -2.40. The van der Waals surface area contributed by atoms with E-state index < -0.39 is 0 Å². The number of aryl methyl sites for hydroxylation is 1. The van der Waals surface area contributed by atoms with Crippen molar-refractivity contribution in [3.05, 3.63) is 65.2 Å². The number of carbonyl (C=O) groups excluding carboxylic acids is 1. The SMILES string of the molecule is COc1ccc(CCN(CC2CCN(C)CC2)C(=O)c2cccc(C)c2)cc1. The molecule has 0 unspecified atom stereocenters. The van der Waals surface area contributed by atoms with Crippen LogP contribution in [0.25, 0.3) is 0 Å². The van der Waals surface area contributed by atoms with E-state index in [2.05, 4.69) is 29.0 Å². The Morgan fingerprint density at radius 1 is 1.14 bits per heavy atom. The summed E-state index contributed by atoms with van der Waals surface area (Å²) in [5.41, 5.74) is 3.15. The zero-order chi connectivity index (χ0) is 19.9. The molecule has 1 amide bonds. The number of benzene rings is 2. The van der Waals surface area contributed by atoms with Crippen molar-refractivity contribution in [3.8, 4) is 5.75 Å². The molecule has 0 spiro atoms. The molecule has 4 heteroatoms. The van der Waals surface area contributed by atoms with Crippen molar-refractivity contribution >= 4 is 5.91 Å². The summed E-state index contributed by atoms with van der Waals surface area (Å²) < 4.78 is 5.24. The van der Waals surface area contributed by atoms with Crippen LogP contribution in [0, 0.1) is 12.8 Å². The minimum atomic E-state index is 0.149. The Morgan fingerprint density at radius 3 is 2.50 bits per heavy atom. The molecule has 150 valence electrons. The van der Waals surface area contributed by atoms with Crippen LogP contribution in [0.15, 0.2) is 48.5 Å². The van der Waals surface area contributed by atoms with Gasteiger partial charge in [-0.3, -0.25) is 4.79 Å². The Labute approximate surface area is 169 Å². The van der Waals surface area contributed by atoms with Gasteiger partial charge in [-0.2, -0.15) is 0 Å². The first-order chi connectivity index (χ1) is 13.5. The third-order valence-electron chi connectivity index (χ3n) is 5.70. The smallest absolute Gasteiger partial charge is 0.253 e. The number of likely N-dealkylation sites (tertiary alicyclic amines) is 1. The van der Waals surface area contributed by atoms with Gasteiger partial charge in [-0.25, -0.2) is 0 Å². The molecular weight excluding hydrogens is 348 g/mol. The highest BCUT2D eigenvalue weighted by Crippen LogP contribution is 2.20. The predicted octanol–water partition coefficient (Wildman–Crippen LogP) is 4.03. The maximum absolute atomic E-state index is 13.3.